The van der Waals surface area contributed by atoms with Crippen LogP contribution in [0.15, 0.2) is 47.4 Å². The minimum Gasteiger partial charge on any atom is -0.396 e. The molecule has 1 heterocycles. The predicted molar refractivity (Wildman–Crippen MR) is 109 cm³/mol. The monoisotopic (exact) mass is 438 g/mol. The number of carbonyl (C=O) groups is 1. The Morgan fingerprint density at radius 3 is 2.57 bits per heavy atom. The zero-order valence-electron chi connectivity index (χ0n) is 16.4. The molecule has 2 N–H and O–H groups in total. The molecule has 6 nitrogen and oxygen atoms in total. The second-order valence-corrected chi connectivity index (χ2v) is 9.22. The van der Waals surface area contributed by atoms with Gasteiger partial charge in [0.1, 0.15) is 12.5 Å². The molecule has 0 radical (unpaired) electrons. The van der Waals surface area contributed by atoms with E-state index in [9.17, 15) is 22.0 Å². The Balaban J connectivity index is 1.74. The number of anilines is 1. The molecular weight excluding hydrogens is 414 g/mol. The molecule has 1 aliphatic heterocycles. The number of nitrogens with zero attached hydrogens (tertiary/aromatic N) is 1. The summed E-state index contributed by atoms with van der Waals surface area (Å²) >= 11 is 0. The highest BCUT2D eigenvalue weighted by molar-refractivity contribution is 7.89. The van der Waals surface area contributed by atoms with Crippen LogP contribution < -0.4 is 5.32 Å². The highest BCUT2D eigenvalue weighted by atomic mass is 32.2. The molecule has 2 aromatic rings. The van der Waals surface area contributed by atoms with Gasteiger partial charge >= 0.3 is 0 Å². The van der Waals surface area contributed by atoms with Crippen molar-refractivity contribution < 1.29 is 27.1 Å². The van der Waals surface area contributed by atoms with Crippen LogP contribution in [0.2, 0.25) is 0 Å². The molecule has 0 spiro atoms. The molecule has 30 heavy (non-hydrogen) atoms. The summed E-state index contributed by atoms with van der Waals surface area (Å²) in [7, 11) is -3.75. The normalized spacial score (nSPS) is 15.8. The lowest BCUT2D eigenvalue weighted by atomic mass is 9.95. The molecule has 0 atom stereocenters. The molecule has 0 aliphatic carbocycles. The Morgan fingerprint density at radius 1 is 1.17 bits per heavy atom. The number of carbonyl (C=O) groups excluding carboxylic acids is 1. The molecule has 9 heteroatoms. The van der Waals surface area contributed by atoms with Crippen molar-refractivity contribution in [1.29, 1.82) is 0 Å². The quantitative estimate of drug-likeness (QED) is 0.694. The van der Waals surface area contributed by atoms with E-state index in [1.54, 1.807) is 0 Å². The number of rotatable bonds is 7. The number of aliphatic hydroxyl groups excluding tert-OH is 1. The van der Waals surface area contributed by atoms with Crippen molar-refractivity contribution in [3.63, 3.8) is 0 Å². The van der Waals surface area contributed by atoms with Crippen LogP contribution in [0.3, 0.4) is 0 Å². The highest BCUT2D eigenvalue weighted by Gasteiger charge is 2.29. The molecular formula is C21H24F2N2O4S. The maximum atomic E-state index is 13.4. The number of amides is 1. The topological polar surface area (TPSA) is 86.7 Å². The summed E-state index contributed by atoms with van der Waals surface area (Å²) in [5.41, 5.74) is 0.166. The Labute approximate surface area is 174 Å². The van der Waals surface area contributed by atoms with Crippen LogP contribution in [0.4, 0.5) is 14.5 Å². The van der Waals surface area contributed by atoms with Crippen molar-refractivity contribution >= 4 is 21.6 Å². The molecule has 1 saturated heterocycles. The molecule has 1 fully saturated rings. The average Bonchev–Trinajstić information content (AvgIpc) is 2.75. The lowest BCUT2D eigenvalue weighted by Crippen LogP contribution is -2.38. The second-order valence-electron chi connectivity index (χ2n) is 7.28. The van der Waals surface area contributed by atoms with Gasteiger partial charge in [-0.2, -0.15) is 4.31 Å². The van der Waals surface area contributed by atoms with E-state index in [-0.39, 0.29) is 28.3 Å². The van der Waals surface area contributed by atoms with Gasteiger partial charge in [0.2, 0.25) is 10.0 Å². The molecule has 1 aliphatic rings. The van der Waals surface area contributed by atoms with Crippen molar-refractivity contribution in [1.82, 2.24) is 4.31 Å². The largest absolute Gasteiger partial charge is 0.396 e. The number of nitrogens with one attached hydrogen (secondary N) is 1. The Morgan fingerprint density at radius 2 is 1.90 bits per heavy atom. The summed E-state index contributed by atoms with van der Waals surface area (Å²) in [5, 5.41) is 11.6. The van der Waals surface area contributed by atoms with E-state index in [1.165, 1.54) is 40.7 Å². The summed E-state index contributed by atoms with van der Waals surface area (Å²) in [4.78, 5) is 12.6. The first kappa shape index (κ1) is 22.3. The van der Waals surface area contributed by atoms with Crippen molar-refractivity contribution in [3.05, 3.63) is 59.4 Å². The summed E-state index contributed by atoms with van der Waals surface area (Å²) in [6.45, 7) is -0.177. The van der Waals surface area contributed by atoms with Crippen LogP contribution in [0.5, 0.6) is 0 Å². The average molecular weight is 438 g/mol. The first-order chi connectivity index (χ1) is 14.3. The fourth-order valence-electron chi connectivity index (χ4n) is 3.53. The van der Waals surface area contributed by atoms with Gasteiger partial charge in [0, 0.05) is 36.5 Å². The van der Waals surface area contributed by atoms with Gasteiger partial charge in [0.15, 0.2) is 0 Å². The zero-order valence-corrected chi connectivity index (χ0v) is 17.2. The van der Waals surface area contributed by atoms with Crippen LogP contribution in [0.1, 0.15) is 35.2 Å². The van der Waals surface area contributed by atoms with E-state index >= 15 is 0 Å². The second kappa shape index (κ2) is 9.63. The fraction of sp³-hybridized carbons (Fsp3) is 0.381. The Kier molecular flexibility index (Phi) is 7.17. The van der Waals surface area contributed by atoms with Crippen LogP contribution in [0.25, 0.3) is 0 Å². The zero-order chi connectivity index (χ0) is 21.7. The first-order valence-electron chi connectivity index (χ1n) is 9.72. The number of alkyl halides is 1. The summed E-state index contributed by atoms with van der Waals surface area (Å²) in [6, 6.07) is 9.26. The molecule has 162 valence electrons. The molecule has 3 rings (SSSR count). The van der Waals surface area contributed by atoms with E-state index in [4.69, 9.17) is 5.11 Å². The van der Waals surface area contributed by atoms with Gasteiger partial charge in [-0.1, -0.05) is 6.07 Å². The molecule has 1 amide bonds. The lowest BCUT2D eigenvalue weighted by Gasteiger charge is -2.31. The Hall–Kier alpha value is -2.36. The number of hydrogen-bond acceptors (Lipinski definition) is 4. The molecule has 0 bridgehead atoms. The molecule has 0 saturated carbocycles. The standard InChI is InChI=1S/C21H24F2N2O4S/c22-14-17-12-18(4-5-20(17)23)24-21(27)16-2-1-3-19(13-16)30(28,29)25-9-6-15(7-10-25)8-11-26/h1-5,12-13,15,26H,6-11,14H2,(H,24,27). The number of hydrogen-bond donors (Lipinski definition) is 2. The number of sulfonamides is 1. The van der Waals surface area contributed by atoms with Gasteiger partial charge in [-0.3, -0.25) is 4.79 Å². The minimum atomic E-state index is -3.75. The minimum absolute atomic E-state index is 0.0133. The molecule has 2 aromatic carbocycles. The van der Waals surface area contributed by atoms with E-state index in [0.29, 0.717) is 38.3 Å². The number of benzene rings is 2. The van der Waals surface area contributed by atoms with Gasteiger partial charge < -0.3 is 10.4 Å². The van der Waals surface area contributed by atoms with E-state index < -0.39 is 28.4 Å². The Bertz CT molecular complexity index is 1010. The van der Waals surface area contributed by atoms with E-state index in [1.807, 2.05) is 0 Å². The molecule has 0 aromatic heterocycles. The van der Waals surface area contributed by atoms with Crippen LogP contribution in [0, 0.1) is 11.7 Å². The summed E-state index contributed by atoms with van der Waals surface area (Å²) in [5.74, 6) is -0.972. The SMILES string of the molecule is O=C(Nc1ccc(F)c(CF)c1)c1cccc(S(=O)(=O)N2CCC(CCO)CC2)c1. The number of piperidine rings is 1. The lowest BCUT2D eigenvalue weighted by molar-refractivity contribution is 0.102. The maximum absolute atomic E-state index is 13.4. The number of aliphatic hydroxyl groups is 1. The highest BCUT2D eigenvalue weighted by Crippen LogP contribution is 2.26. The van der Waals surface area contributed by atoms with Gasteiger partial charge in [-0.25, -0.2) is 17.2 Å². The van der Waals surface area contributed by atoms with E-state index in [0.717, 1.165) is 6.07 Å². The first-order valence-corrected chi connectivity index (χ1v) is 11.2. The van der Waals surface area contributed by atoms with Crippen LogP contribution in [-0.4, -0.2) is 43.4 Å². The third-order valence-electron chi connectivity index (χ3n) is 5.29. The fourth-order valence-corrected chi connectivity index (χ4v) is 5.04. The summed E-state index contributed by atoms with van der Waals surface area (Å²) < 4.78 is 53.6. The third-order valence-corrected chi connectivity index (χ3v) is 7.19. The van der Waals surface area contributed by atoms with Crippen molar-refractivity contribution in [2.45, 2.75) is 30.8 Å². The van der Waals surface area contributed by atoms with Gasteiger partial charge in [0.05, 0.1) is 4.90 Å². The van der Waals surface area contributed by atoms with Crippen LogP contribution in [-0.2, 0) is 16.7 Å². The van der Waals surface area contributed by atoms with Crippen molar-refractivity contribution in [3.8, 4) is 0 Å². The summed E-state index contributed by atoms with van der Waals surface area (Å²) in [6.07, 6.45) is 2.03. The smallest absolute Gasteiger partial charge is 0.255 e. The van der Waals surface area contributed by atoms with Gasteiger partial charge in [-0.05, 0) is 61.6 Å². The van der Waals surface area contributed by atoms with Crippen molar-refractivity contribution in [2.24, 2.45) is 5.92 Å². The third kappa shape index (κ3) is 5.03. The van der Waals surface area contributed by atoms with Gasteiger partial charge in [-0.15, -0.1) is 0 Å². The number of halogens is 2. The molecule has 0 unspecified atom stereocenters. The van der Waals surface area contributed by atoms with Crippen molar-refractivity contribution in [2.75, 3.05) is 25.0 Å². The van der Waals surface area contributed by atoms with Crippen LogP contribution >= 0.6 is 0 Å². The predicted octanol–water partition coefficient (Wildman–Crippen LogP) is 3.33. The van der Waals surface area contributed by atoms with Gasteiger partial charge in [0.25, 0.3) is 5.91 Å². The van der Waals surface area contributed by atoms with E-state index in [2.05, 4.69) is 5.32 Å². The maximum Gasteiger partial charge on any atom is 0.255 e.